The van der Waals surface area contributed by atoms with Crippen LogP contribution in [0.3, 0.4) is 0 Å². The van der Waals surface area contributed by atoms with Gasteiger partial charge >= 0.3 is 5.69 Å². The van der Waals surface area contributed by atoms with Crippen LogP contribution in [0.5, 0.6) is 0 Å². The van der Waals surface area contributed by atoms with Crippen molar-refractivity contribution < 1.29 is 4.74 Å². The fourth-order valence-electron chi connectivity index (χ4n) is 1.41. The molecule has 0 aromatic carbocycles. The van der Waals surface area contributed by atoms with Gasteiger partial charge in [-0.1, -0.05) is 20.8 Å². The van der Waals surface area contributed by atoms with Crippen LogP contribution < -0.4 is 11.2 Å². The molecule has 1 rings (SSSR count). The van der Waals surface area contributed by atoms with Gasteiger partial charge in [-0.2, -0.15) is 0 Å². The third kappa shape index (κ3) is 5.49. The van der Waals surface area contributed by atoms with Crippen LogP contribution in [-0.4, -0.2) is 16.2 Å². The Labute approximate surface area is 100 Å². The molecule has 0 bridgehead atoms. The van der Waals surface area contributed by atoms with Gasteiger partial charge in [0.05, 0.1) is 0 Å². The third-order valence-corrected chi connectivity index (χ3v) is 2.34. The van der Waals surface area contributed by atoms with E-state index in [9.17, 15) is 9.59 Å². The average Bonchev–Trinajstić information content (AvgIpc) is 2.18. The molecule has 0 saturated heterocycles. The van der Waals surface area contributed by atoms with E-state index < -0.39 is 5.69 Å². The van der Waals surface area contributed by atoms with Gasteiger partial charge in [0.25, 0.3) is 5.56 Å². The highest BCUT2D eigenvalue weighted by Crippen LogP contribution is 2.20. The quantitative estimate of drug-likeness (QED) is 0.790. The van der Waals surface area contributed by atoms with Crippen LogP contribution in [0.25, 0.3) is 0 Å². The van der Waals surface area contributed by atoms with Crippen LogP contribution in [0, 0.1) is 5.41 Å². The number of H-pyrrole nitrogens is 1. The van der Waals surface area contributed by atoms with Crippen LogP contribution in [-0.2, 0) is 11.5 Å². The molecule has 0 fully saturated rings. The SMILES string of the molecule is CC(C)(C)CCCOCn1ccc(=O)[nH]c1=O. The summed E-state index contributed by atoms with van der Waals surface area (Å²) in [7, 11) is 0. The lowest BCUT2D eigenvalue weighted by atomic mass is 9.91. The van der Waals surface area contributed by atoms with Crippen molar-refractivity contribution in [3.05, 3.63) is 33.1 Å². The maximum Gasteiger partial charge on any atom is 0.330 e. The molecule has 1 aromatic rings. The van der Waals surface area contributed by atoms with E-state index in [1.165, 1.54) is 16.8 Å². The van der Waals surface area contributed by atoms with Crippen molar-refractivity contribution >= 4 is 0 Å². The van der Waals surface area contributed by atoms with Gasteiger partial charge in [0.1, 0.15) is 6.73 Å². The lowest BCUT2D eigenvalue weighted by Gasteiger charge is -2.17. The Morgan fingerprint density at radius 1 is 1.35 bits per heavy atom. The van der Waals surface area contributed by atoms with Gasteiger partial charge < -0.3 is 4.74 Å². The standard InChI is InChI=1S/C12H20N2O3/c1-12(2,3)6-4-8-17-9-14-7-5-10(15)13-11(14)16/h5,7H,4,6,8-9H2,1-3H3,(H,13,15,16). The van der Waals surface area contributed by atoms with Crippen molar-refractivity contribution in [2.75, 3.05) is 6.61 Å². The molecule has 1 N–H and O–H groups in total. The summed E-state index contributed by atoms with van der Waals surface area (Å²) < 4.78 is 6.71. The summed E-state index contributed by atoms with van der Waals surface area (Å²) in [5.74, 6) is 0. The summed E-state index contributed by atoms with van der Waals surface area (Å²) >= 11 is 0. The molecule has 0 aliphatic rings. The first-order valence-electron chi connectivity index (χ1n) is 5.76. The van der Waals surface area contributed by atoms with Crippen LogP contribution in [0.2, 0.25) is 0 Å². The van der Waals surface area contributed by atoms with E-state index in [2.05, 4.69) is 25.8 Å². The van der Waals surface area contributed by atoms with Crippen molar-refractivity contribution in [2.45, 2.75) is 40.3 Å². The molecule has 0 amide bonds. The zero-order valence-corrected chi connectivity index (χ0v) is 10.7. The van der Waals surface area contributed by atoms with Crippen LogP contribution in [0.15, 0.2) is 21.9 Å². The molecule has 17 heavy (non-hydrogen) atoms. The molecule has 5 nitrogen and oxygen atoms in total. The molecule has 0 unspecified atom stereocenters. The minimum atomic E-state index is -0.437. The molecule has 0 atom stereocenters. The summed E-state index contributed by atoms with van der Waals surface area (Å²) in [6.07, 6.45) is 3.47. The Morgan fingerprint density at radius 2 is 2.06 bits per heavy atom. The molecule has 5 heteroatoms. The van der Waals surface area contributed by atoms with E-state index >= 15 is 0 Å². The first kappa shape index (κ1) is 13.7. The molecular weight excluding hydrogens is 220 g/mol. The Morgan fingerprint density at radius 3 is 2.65 bits per heavy atom. The second-order valence-electron chi connectivity index (χ2n) is 5.28. The van der Waals surface area contributed by atoms with Crippen LogP contribution in [0.1, 0.15) is 33.6 Å². The van der Waals surface area contributed by atoms with Gasteiger partial charge in [-0.15, -0.1) is 0 Å². The fraction of sp³-hybridized carbons (Fsp3) is 0.667. The number of hydrogen-bond acceptors (Lipinski definition) is 3. The van der Waals surface area contributed by atoms with Gasteiger partial charge in [-0.05, 0) is 18.3 Å². The molecular formula is C12H20N2O3. The van der Waals surface area contributed by atoms with Crippen molar-refractivity contribution in [1.82, 2.24) is 9.55 Å². The minimum absolute atomic E-state index is 0.180. The molecule has 1 heterocycles. The summed E-state index contributed by atoms with van der Waals surface area (Å²) in [5, 5.41) is 0. The summed E-state index contributed by atoms with van der Waals surface area (Å²) in [6.45, 7) is 7.33. The van der Waals surface area contributed by atoms with Gasteiger partial charge in [0, 0.05) is 18.9 Å². The minimum Gasteiger partial charge on any atom is -0.361 e. The maximum absolute atomic E-state index is 11.3. The van der Waals surface area contributed by atoms with E-state index in [-0.39, 0.29) is 12.3 Å². The predicted octanol–water partition coefficient (Wildman–Crippen LogP) is 1.34. The van der Waals surface area contributed by atoms with E-state index in [0.717, 1.165) is 12.8 Å². The molecule has 0 spiro atoms. The normalized spacial score (nSPS) is 11.7. The van der Waals surface area contributed by atoms with E-state index in [1.807, 2.05) is 0 Å². The van der Waals surface area contributed by atoms with Crippen molar-refractivity contribution in [1.29, 1.82) is 0 Å². The van der Waals surface area contributed by atoms with Gasteiger partial charge in [-0.25, -0.2) is 4.79 Å². The summed E-state index contributed by atoms with van der Waals surface area (Å²) in [6, 6.07) is 1.31. The van der Waals surface area contributed by atoms with Gasteiger partial charge in [0.2, 0.25) is 0 Å². The highest BCUT2D eigenvalue weighted by molar-refractivity contribution is 4.81. The van der Waals surface area contributed by atoms with E-state index in [0.29, 0.717) is 12.0 Å². The van der Waals surface area contributed by atoms with Crippen LogP contribution >= 0.6 is 0 Å². The number of hydrogen-bond donors (Lipinski definition) is 1. The number of ether oxygens (including phenoxy) is 1. The Kier molecular flexibility index (Phi) is 4.69. The zero-order chi connectivity index (χ0) is 12.9. The number of aromatic nitrogens is 2. The second kappa shape index (κ2) is 5.82. The number of rotatable bonds is 5. The van der Waals surface area contributed by atoms with Crippen molar-refractivity contribution in [2.24, 2.45) is 5.41 Å². The molecule has 96 valence electrons. The number of aromatic amines is 1. The van der Waals surface area contributed by atoms with E-state index in [1.54, 1.807) is 0 Å². The van der Waals surface area contributed by atoms with Crippen LogP contribution in [0.4, 0.5) is 0 Å². The summed E-state index contributed by atoms with van der Waals surface area (Å²) in [5.41, 5.74) is -0.523. The Balaban J connectivity index is 2.32. The third-order valence-electron chi connectivity index (χ3n) is 2.34. The predicted molar refractivity (Wildman–Crippen MR) is 66.0 cm³/mol. The molecule has 0 saturated carbocycles. The first-order valence-corrected chi connectivity index (χ1v) is 5.76. The monoisotopic (exact) mass is 240 g/mol. The summed E-state index contributed by atoms with van der Waals surface area (Å²) in [4.78, 5) is 24.3. The topological polar surface area (TPSA) is 64.1 Å². The lowest BCUT2D eigenvalue weighted by molar-refractivity contribution is 0.0662. The highest BCUT2D eigenvalue weighted by Gasteiger charge is 2.08. The Hall–Kier alpha value is -1.36. The Bertz CT molecular complexity index is 454. The first-order chi connectivity index (χ1) is 7.88. The molecule has 0 aliphatic heterocycles. The second-order valence-corrected chi connectivity index (χ2v) is 5.28. The molecule has 0 radical (unpaired) electrons. The smallest absolute Gasteiger partial charge is 0.330 e. The fourth-order valence-corrected chi connectivity index (χ4v) is 1.41. The van der Waals surface area contributed by atoms with E-state index in [4.69, 9.17) is 4.74 Å². The van der Waals surface area contributed by atoms with Gasteiger partial charge in [0.15, 0.2) is 0 Å². The van der Waals surface area contributed by atoms with Crippen molar-refractivity contribution in [3.63, 3.8) is 0 Å². The average molecular weight is 240 g/mol. The lowest BCUT2D eigenvalue weighted by Crippen LogP contribution is -2.29. The van der Waals surface area contributed by atoms with Crippen molar-refractivity contribution in [3.8, 4) is 0 Å². The maximum atomic E-state index is 11.3. The molecule has 1 aromatic heterocycles. The number of nitrogens with zero attached hydrogens (tertiary/aromatic N) is 1. The molecule has 0 aliphatic carbocycles. The highest BCUT2D eigenvalue weighted by atomic mass is 16.5. The number of nitrogens with one attached hydrogen (secondary N) is 1. The largest absolute Gasteiger partial charge is 0.361 e. The zero-order valence-electron chi connectivity index (χ0n) is 10.7. The van der Waals surface area contributed by atoms with Gasteiger partial charge in [-0.3, -0.25) is 14.3 Å².